The molecule has 2 unspecified atom stereocenters. The SMILES string of the molecule is CC(CC(=O)C1CCCN(C)C1)C(=O)O. The first-order valence-corrected chi connectivity index (χ1v) is 5.44. The molecule has 86 valence electrons. The Bertz CT molecular complexity index is 252. The van der Waals surface area contributed by atoms with Crippen LogP contribution in [0.5, 0.6) is 0 Å². The maximum Gasteiger partial charge on any atom is 0.306 e. The van der Waals surface area contributed by atoms with Crippen molar-refractivity contribution < 1.29 is 14.7 Å². The largest absolute Gasteiger partial charge is 0.481 e. The quantitative estimate of drug-likeness (QED) is 0.757. The number of carboxylic acid groups (broad SMARTS) is 1. The van der Waals surface area contributed by atoms with E-state index in [1.54, 1.807) is 6.92 Å². The van der Waals surface area contributed by atoms with Gasteiger partial charge in [0.25, 0.3) is 0 Å². The molecule has 0 radical (unpaired) electrons. The molecule has 1 rings (SSSR count). The second kappa shape index (κ2) is 5.26. The number of nitrogens with zero attached hydrogens (tertiary/aromatic N) is 1. The Morgan fingerprint density at radius 3 is 2.73 bits per heavy atom. The molecule has 0 aromatic rings. The molecule has 0 aromatic heterocycles. The minimum atomic E-state index is -0.882. The fourth-order valence-corrected chi connectivity index (χ4v) is 1.98. The van der Waals surface area contributed by atoms with Crippen molar-refractivity contribution in [3.05, 3.63) is 0 Å². The van der Waals surface area contributed by atoms with Gasteiger partial charge in [0.1, 0.15) is 5.78 Å². The summed E-state index contributed by atoms with van der Waals surface area (Å²) in [6.45, 7) is 3.41. The molecule has 15 heavy (non-hydrogen) atoms. The molecule has 0 amide bonds. The number of piperidine rings is 1. The summed E-state index contributed by atoms with van der Waals surface area (Å²) in [5, 5.41) is 8.72. The van der Waals surface area contributed by atoms with E-state index in [1.165, 1.54) is 0 Å². The highest BCUT2D eigenvalue weighted by atomic mass is 16.4. The zero-order chi connectivity index (χ0) is 11.4. The van der Waals surface area contributed by atoms with Crippen LogP contribution in [0.1, 0.15) is 26.2 Å². The molecule has 1 N–H and O–H groups in total. The Hall–Kier alpha value is -0.900. The Morgan fingerprint density at radius 1 is 1.53 bits per heavy atom. The third-order valence-electron chi connectivity index (χ3n) is 3.01. The molecular weight excluding hydrogens is 194 g/mol. The summed E-state index contributed by atoms with van der Waals surface area (Å²) in [5.74, 6) is -1.28. The number of carbonyl (C=O) groups is 2. The Kier molecular flexibility index (Phi) is 4.27. The first kappa shape index (κ1) is 12.2. The second-order valence-corrected chi connectivity index (χ2v) is 4.51. The third kappa shape index (κ3) is 3.63. The van der Waals surface area contributed by atoms with E-state index in [0.717, 1.165) is 25.9 Å². The zero-order valence-corrected chi connectivity index (χ0v) is 9.40. The van der Waals surface area contributed by atoms with Crippen molar-refractivity contribution in [1.29, 1.82) is 0 Å². The van der Waals surface area contributed by atoms with E-state index in [1.807, 2.05) is 7.05 Å². The number of hydrogen-bond acceptors (Lipinski definition) is 3. The number of likely N-dealkylation sites (tertiary alicyclic amines) is 1. The maximum atomic E-state index is 11.8. The van der Waals surface area contributed by atoms with Gasteiger partial charge in [-0.1, -0.05) is 6.92 Å². The summed E-state index contributed by atoms with van der Waals surface area (Å²) < 4.78 is 0. The monoisotopic (exact) mass is 213 g/mol. The van der Waals surface area contributed by atoms with Crippen LogP contribution in [-0.4, -0.2) is 41.9 Å². The van der Waals surface area contributed by atoms with Crippen LogP contribution in [0, 0.1) is 11.8 Å². The Morgan fingerprint density at radius 2 is 2.20 bits per heavy atom. The van der Waals surface area contributed by atoms with Gasteiger partial charge in [0.05, 0.1) is 5.92 Å². The average molecular weight is 213 g/mol. The summed E-state index contributed by atoms with van der Waals surface area (Å²) in [6, 6.07) is 0. The van der Waals surface area contributed by atoms with Gasteiger partial charge in [-0.2, -0.15) is 0 Å². The van der Waals surface area contributed by atoms with Gasteiger partial charge in [0.15, 0.2) is 0 Å². The number of carbonyl (C=O) groups excluding carboxylic acids is 1. The maximum absolute atomic E-state index is 11.8. The molecule has 1 heterocycles. The van der Waals surface area contributed by atoms with E-state index in [-0.39, 0.29) is 18.1 Å². The first-order chi connectivity index (χ1) is 7.00. The average Bonchev–Trinajstić information content (AvgIpc) is 2.17. The summed E-state index contributed by atoms with van der Waals surface area (Å²) in [6.07, 6.45) is 2.12. The van der Waals surface area contributed by atoms with Crippen LogP contribution in [0.25, 0.3) is 0 Å². The Balaban J connectivity index is 2.42. The predicted molar refractivity (Wildman–Crippen MR) is 56.6 cm³/mol. The van der Waals surface area contributed by atoms with E-state index in [9.17, 15) is 9.59 Å². The number of aliphatic carboxylic acids is 1. The van der Waals surface area contributed by atoms with Crippen molar-refractivity contribution in [3.63, 3.8) is 0 Å². The topological polar surface area (TPSA) is 57.6 Å². The number of carboxylic acids is 1. The zero-order valence-electron chi connectivity index (χ0n) is 9.40. The molecule has 4 nitrogen and oxygen atoms in total. The van der Waals surface area contributed by atoms with Crippen molar-refractivity contribution in [2.75, 3.05) is 20.1 Å². The molecule has 0 aliphatic carbocycles. The molecule has 0 aromatic carbocycles. The molecular formula is C11H19NO3. The molecule has 1 aliphatic heterocycles. The van der Waals surface area contributed by atoms with Crippen molar-refractivity contribution in [2.45, 2.75) is 26.2 Å². The molecule has 1 aliphatic rings. The molecule has 4 heteroatoms. The van der Waals surface area contributed by atoms with E-state index < -0.39 is 11.9 Å². The molecule has 2 atom stereocenters. The number of hydrogen-bond donors (Lipinski definition) is 1. The van der Waals surface area contributed by atoms with E-state index in [2.05, 4.69) is 4.90 Å². The fourth-order valence-electron chi connectivity index (χ4n) is 1.98. The van der Waals surface area contributed by atoms with Crippen LogP contribution in [0.4, 0.5) is 0 Å². The molecule has 1 fully saturated rings. The van der Waals surface area contributed by atoms with Crippen molar-refractivity contribution in [3.8, 4) is 0 Å². The summed E-state index contributed by atoms with van der Waals surface area (Å²) in [7, 11) is 2.00. The molecule has 0 saturated carbocycles. The highest BCUT2D eigenvalue weighted by Crippen LogP contribution is 2.19. The smallest absolute Gasteiger partial charge is 0.306 e. The Labute approximate surface area is 90.3 Å². The third-order valence-corrected chi connectivity index (χ3v) is 3.01. The minimum Gasteiger partial charge on any atom is -0.481 e. The lowest BCUT2D eigenvalue weighted by Gasteiger charge is -2.29. The molecule has 0 spiro atoms. The summed E-state index contributed by atoms with van der Waals surface area (Å²) in [5.41, 5.74) is 0. The predicted octanol–water partition coefficient (Wildman–Crippen LogP) is 1.01. The minimum absolute atomic E-state index is 0.0468. The van der Waals surface area contributed by atoms with Gasteiger partial charge in [-0.3, -0.25) is 9.59 Å². The second-order valence-electron chi connectivity index (χ2n) is 4.51. The van der Waals surface area contributed by atoms with Gasteiger partial charge in [-0.25, -0.2) is 0 Å². The molecule has 0 bridgehead atoms. The van der Waals surface area contributed by atoms with Crippen LogP contribution in [0.15, 0.2) is 0 Å². The lowest BCUT2D eigenvalue weighted by molar-refractivity contribution is -0.143. The first-order valence-electron chi connectivity index (χ1n) is 5.44. The normalized spacial score (nSPS) is 24.8. The van der Waals surface area contributed by atoms with Crippen molar-refractivity contribution in [1.82, 2.24) is 4.90 Å². The number of rotatable bonds is 4. The van der Waals surface area contributed by atoms with Crippen LogP contribution >= 0.6 is 0 Å². The van der Waals surface area contributed by atoms with Gasteiger partial charge >= 0.3 is 5.97 Å². The van der Waals surface area contributed by atoms with E-state index in [4.69, 9.17) is 5.11 Å². The van der Waals surface area contributed by atoms with Gasteiger partial charge in [-0.15, -0.1) is 0 Å². The van der Waals surface area contributed by atoms with Crippen LogP contribution in [0.3, 0.4) is 0 Å². The van der Waals surface area contributed by atoms with Gasteiger partial charge < -0.3 is 10.0 Å². The van der Waals surface area contributed by atoms with Crippen molar-refractivity contribution >= 4 is 11.8 Å². The van der Waals surface area contributed by atoms with Crippen molar-refractivity contribution in [2.24, 2.45) is 11.8 Å². The summed E-state index contributed by atoms with van der Waals surface area (Å²) in [4.78, 5) is 24.5. The van der Waals surface area contributed by atoms with Gasteiger partial charge in [-0.05, 0) is 26.4 Å². The summed E-state index contributed by atoms with van der Waals surface area (Å²) >= 11 is 0. The lowest BCUT2D eigenvalue weighted by Crippen LogP contribution is -2.36. The molecule has 1 saturated heterocycles. The number of Topliss-reactive ketones (excluding diaryl/α,β-unsaturated/α-hetero) is 1. The van der Waals surface area contributed by atoms with Crippen LogP contribution in [0.2, 0.25) is 0 Å². The van der Waals surface area contributed by atoms with Gasteiger partial charge in [0, 0.05) is 18.9 Å². The fraction of sp³-hybridized carbons (Fsp3) is 0.818. The highest BCUT2D eigenvalue weighted by Gasteiger charge is 2.26. The standard InChI is InChI=1S/C11H19NO3/c1-8(11(14)15)6-10(13)9-4-3-5-12(2)7-9/h8-9H,3-7H2,1-2H3,(H,14,15). The van der Waals surface area contributed by atoms with E-state index >= 15 is 0 Å². The van der Waals surface area contributed by atoms with Crippen LogP contribution < -0.4 is 0 Å². The number of ketones is 1. The van der Waals surface area contributed by atoms with Crippen LogP contribution in [-0.2, 0) is 9.59 Å². The van der Waals surface area contributed by atoms with Gasteiger partial charge in [0.2, 0.25) is 0 Å². The van der Waals surface area contributed by atoms with E-state index in [0.29, 0.717) is 0 Å². The highest BCUT2D eigenvalue weighted by molar-refractivity contribution is 5.85. The lowest BCUT2D eigenvalue weighted by atomic mass is 9.89.